The van der Waals surface area contributed by atoms with Gasteiger partial charge in [0, 0.05) is 18.8 Å². The number of hydrogen-bond acceptors (Lipinski definition) is 4. The Bertz CT molecular complexity index is 713. The van der Waals surface area contributed by atoms with E-state index in [1.807, 2.05) is 13.0 Å². The summed E-state index contributed by atoms with van der Waals surface area (Å²) in [4.78, 5) is 14.0. The fourth-order valence-electron chi connectivity index (χ4n) is 3.24. The van der Waals surface area contributed by atoms with Gasteiger partial charge >= 0.3 is 5.97 Å². The number of likely N-dealkylation sites (N-methyl/N-ethyl adjacent to an activating group) is 1. The van der Waals surface area contributed by atoms with E-state index in [-0.39, 0.29) is 12.5 Å². The third kappa shape index (κ3) is 3.60. The Hall–Kier alpha value is -2.33. The zero-order chi connectivity index (χ0) is 16.9. The molecule has 3 rings (SSSR count). The van der Waals surface area contributed by atoms with Crippen molar-refractivity contribution in [1.29, 1.82) is 0 Å². The minimum absolute atomic E-state index is 0.203. The van der Waals surface area contributed by atoms with E-state index in [0.29, 0.717) is 6.61 Å². The maximum atomic E-state index is 11.6. The third-order valence-electron chi connectivity index (χ3n) is 4.42. The van der Waals surface area contributed by atoms with Gasteiger partial charge in [-0.25, -0.2) is 0 Å². The van der Waals surface area contributed by atoms with Crippen molar-refractivity contribution in [2.75, 3.05) is 32.1 Å². The SMILES string of the molecule is CCOC(=O)CNc1ccc(-c2ccccc2)c2c1CN(C)CC2. The van der Waals surface area contributed by atoms with Crippen molar-refractivity contribution in [2.45, 2.75) is 19.9 Å². The Balaban J connectivity index is 1.93. The van der Waals surface area contributed by atoms with Gasteiger partial charge in [0.25, 0.3) is 0 Å². The van der Waals surface area contributed by atoms with Crippen molar-refractivity contribution < 1.29 is 9.53 Å². The number of carbonyl (C=O) groups is 1. The zero-order valence-corrected chi connectivity index (χ0v) is 14.3. The largest absolute Gasteiger partial charge is 0.465 e. The Morgan fingerprint density at radius 1 is 1.17 bits per heavy atom. The molecule has 0 spiro atoms. The second-order valence-electron chi connectivity index (χ2n) is 6.13. The molecule has 1 heterocycles. The molecule has 0 aliphatic carbocycles. The number of nitrogens with zero attached hydrogens (tertiary/aromatic N) is 1. The molecule has 2 aromatic rings. The van der Waals surface area contributed by atoms with Crippen LogP contribution in [0.3, 0.4) is 0 Å². The van der Waals surface area contributed by atoms with E-state index >= 15 is 0 Å². The summed E-state index contributed by atoms with van der Waals surface area (Å²) in [5.41, 5.74) is 6.24. The smallest absolute Gasteiger partial charge is 0.325 e. The minimum Gasteiger partial charge on any atom is -0.465 e. The van der Waals surface area contributed by atoms with Crippen LogP contribution >= 0.6 is 0 Å². The maximum Gasteiger partial charge on any atom is 0.325 e. The van der Waals surface area contributed by atoms with Gasteiger partial charge in [-0.1, -0.05) is 36.4 Å². The number of carbonyl (C=O) groups excluding carboxylic acids is 1. The summed E-state index contributed by atoms with van der Waals surface area (Å²) in [6.45, 7) is 4.38. The first-order chi connectivity index (χ1) is 11.7. The van der Waals surface area contributed by atoms with E-state index in [9.17, 15) is 4.79 Å². The van der Waals surface area contributed by atoms with Crippen LogP contribution in [-0.2, 0) is 22.5 Å². The van der Waals surface area contributed by atoms with E-state index in [0.717, 1.165) is 25.2 Å². The molecule has 126 valence electrons. The number of nitrogens with one attached hydrogen (secondary N) is 1. The molecule has 0 bridgehead atoms. The number of esters is 1. The molecule has 1 aliphatic rings. The first kappa shape index (κ1) is 16.5. The summed E-state index contributed by atoms with van der Waals surface area (Å²) < 4.78 is 5.01. The molecule has 0 radical (unpaired) electrons. The molecule has 24 heavy (non-hydrogen) atoms. The van der Waals surface area contributed by atoms with Crippen molar-refractivity contribution >= 4 is 11.7 Å². The van der Waals surface area contributed by atoms with Crippen LogP contribution in [0.15, 0.2) is 42.5 Å². The first-order valence-electron chi connectivity index (χ1n) is 8.47. The molecule has 0 fully saturated rings. The van der Waals surface area contributed by atoms with Crippen LogP contribution in [0.5, 0.6) is 0 Å². The molecule has 0 aromatic heterocycles. The molecule has 1 aliphatic heterocycles. The van der Waals surface area contributed by atoms with Gasteiger partial charge < -0.3 is 15.0 Å². The quantitative estimate of drug-likeness (QED) is 0.857. The van der Waals surface area contributed by atoms with Gasteiger partial charge in [0.1, 0.15) is 6.54 Å². The summed E-state index contributed by atoms with van der Waals surface area (Å²) in [6.07, 6.45) is 1.02. The number of hydrogen-bond donors (Lipinski definition) is 1. The number of benzene rings is 2. The monoisotopic (exact) mass is 324 g/mol. The molecular weight excluding hydrogens is 300 g/mol. The highest BCUT2D eigenvalue weighted by atomic mass is 16.5. The Morgan fingerprint density at radius 3 is 2.71 bits per heavy atom. The predicted molar refractivity (Wildman–Crippen MR) is 97.0 cm³/mol. The Labute approximate surface area is 143 Å². The van der Waals surface area contributed by atoms with E-state index < -0.39 is 0 Å². The summed E-state index contributed by atoms with van der Waals surface area (Å²) >= 11 is 0. The van der Waals surface area contributed by atoms with Gasteiger partial charge in [-0.15, -0.1) is 0 Å². The van der Waals surface area contributed by atoms with Crippen LogP contribution in [0.25, 0.3) is 11.1 Å². The van der Waals surface area contributed by atoms with E-state index in [1.165, 1.54) is 22.3 Å². The van der Waals surface area contributed by atoms with Crippen LogP contribution in [0.4, 0.5) is 5.69 Å². The van der Waals surface area contributed by atoms with Gasteiger partial charge in [-0.3, -0.25) is 4.79 Å². The van der Waals surface area contributed by atoms with Crippen molar-refractivity contribution in [3.05, 3.63) is 53.6 Å². The highest BCUT2D eigenvalue weighted by Crippen LogP contribution is 2.34. The number of fused-ring (bicyclic) bond motifs is 1. The number of rotatable bonds is 5. The lowest BCUT2D eigenvalue weighted by molar-refractivity contribution is -0.140. The highest BCUT2D eigenvalue weighted by Gasteiger charge is 2.20. The lowest BCUT2D eigenvalue weighted by Gasteiger charge is -2.29. The predicted octanol–water partition coefficient (Wildman–Crippen LogP) is 3.32. The molecule has 2 aromatic carbocycles. The first-order valence-corrected chi connectivity index (χ1v) is 8.47. The number of anilines is 1. The zero-order valence-electron chi connectivity index (χ0n) is 14.3. The molecule has 1 N–H and O–H groups in total. The Morgan fingerprint density at radius 2 is 1.96 bits per heavy atom. The molecule has 0 saturated heterocycles. The standard InChI is InChI=1S/C20H24N2O2/c1-3-24-20(23)13-21-19-10-9-16(15-7-5-4-6-8-15)17-11-12-22(2)14-18(17)19/h4-10,21H,3,11-14H2,1-2H3. The van der Waals surface area contributed by atoms with Gasteiger partial charge in [0.05, 0.1) is 6.61 Å². The topological polar surface area (TPSA) is 41.6 Å². The Kier molecular flexibility index (Phi) is 5.16. The molecule has 0 amide bonds. The summed E-state index contributed by atoms with van der Waals surface area (Å²) in [5.74, 6) is -0.220. The van der Waals surface area contributed by atoms with Crippen LogP contribution in [-0.4, -0.2) is 37.6 Å². The van der Waals surface area contributed by atoms with Crippen LogP contribution in [0.1, 0.15) is 18.1 Å². The second-order valence-corrected chi connectivity index (χ2v) is 6.13. The van der Waals surface area contributed by atoms with E-state index in [4.69, 9.17) is 4.74 Å². The van der Waals surface area contributed by atoms with Crippen molar-refractivity contribution in [3.8, 4) is 11.1 Å². The average Bonchev–Trinajstić information content (AvgIpc) is 2.60. The van der Waals surface area contributed by atoms with Crippen LogP contribution < -0.4 is 5.32 Å². The third-order valence-corrected chi connectivity index (χ3v) is 4.42. The van der Waals surface area contributed by atoms with E-state index in [1.54, 1.807) is 0 Å². The normalized spacial score (nSPS) is 14.1. The number of ether oxygens (including phenoxy) is 1. The maximum absolute atomic E-state index is 11.6. The van der Waals surface area contributed by atoms with Crippen molar-refractivity contribution in [1.82, 2.24) is 4.90 Å². The highest BCUT2D eigenvalue weighted by molar-refractivity contribution is 5.78. The lowest BCUT2D eigenvalue weighted by Crippen LogP contribution is -2.28. The molecule has 0 saturated carbocycles. The molecule has 0 atom stereocenters. The second kappa shape index (κ2) is 7.49. The lowest BCUT2D eigenvalue weighted by atomic mass is 9.89. The molecular formula is C20H24N2O2. The van der Waals surface area contributed by atoms with Crippen molar-refractivity contribution in [3.63, 3.8) is 0 Å². The fraction of sp³-hybridized carbons (Fsp3) is 0.350. The fourth-order valence-corrected chi connectivity index (χ4v) is 3.24. The van der Waals surface area contributed by atoms with E-state index in [2.05, 4.69) is 53.7 Å². The summed E-state index contributed by atoms with van der Waals surface area (Å²) in [7, 11) is 2.13. The van der Waals surface area contributed by atoms with Crippen LogP contribution in [0, 0.1) is 0 Å². The molecule has 4 heteroatoms. The average molecular weight is 324 g/mol. The minimum atomic E-state index is -0.220. The van der Waals surface area contributed by atoms with Gasteiger partial charge in [-0.2, -0.15) is 0 Å². The van der Waals surface area contributed by atoms with Crippen molar-refractivity contribution in [2.24, 2.45) is 0 Å². The summed E-state index contributed by atoms with van der Waals surface area (Å²) in [6, 6.07) is 14.7. The van der Waals surface area contributed by atoms with Gasteiger partial charge in [-0.05, 0) is 48.7 Å². The van der Waals surface area contributed by atoms with Gasteiger partial charge in [0.15, 0.2) is 0 Å². The van der Waals surface area contributed by atoms with Crippen LogP contribution in [0.2, 0.25) is 0 Å². The van der Waals surface area contributed by atoms with Gasteiger partial charge in [0.2, 0.25) is 0 Å². The molecule has 0 unspecified atom stereocenters. The molecule has 4 nitrogen and oxygen atoms in total. The summed E-state index contributed by atoms with van der Waals surface area (Å²) in [5, 5.41) is 3.26.